The van der Waals surface area contributed by atoms with Gasteiger partial charge in [-0.25, -0.2) is 18.4 Å². The zero-order valence-electron chi connectivity index (χ0n) is 25.9. The number of fused-ring (bicyclic) bond motifs is 1. The Hall–Kier alpha value is -3.77. The molecule has 12 heteroatoms. The Morgan fingerprint density at radius 2 is 1.89 bits per heavy atom. The SMILES string of the molecule is C=CC(=O)N1CC[C@H]1c1ccc(N2C[C@H](CS(C)(=O)=O)C2(C)C)c2cnc(Nc3ccnc(N4CCC(OC)CC4)n3)cc12. The quantitative estimate of drug-likeness (QED) is 0.351. The van der Waals surface area contributed by atoms with Gasteiger partial charge in [0.2, 0.25) is 11.9 Å². The van der Waals surface area contributed by atoms with E-state index in [0.717, 1.165) is 54.4 Å². The highest BCUT2D eigenvalue weighted by molar-refractivity contribution is 7.90. The molecule has 234 valence electrons. The maximum Gasteiger partial charge on any atom is 0.246 e. The number of pyridine rings is 1. The van der Waals surface area contributed by atoms with E-state index in [1.807, 2.05) is 23.2 Å². The van der Waals surface area contributed by atoms with Crippen LogP contribution in [-0.2, 0) is 19.4 Å². The topological polar surface area (TPSA) is 121 Å². The molecule has 3 saturated heterocycles. The second-order valence-corrected chi connectivity index (χ2v) is 14.9. The van der Waals surface area contributed by atoms with Gasteiger partial charge in [0.25, 0.3) is 0 Å². The number of likely N-dealkylation sites (tertiary alicyclic amines) is 1. The molecule has 3 aliphatic heterocycles. The Morgan fingerprint density at radius 3 is 2.52 bits per heavy atom. The minimum Gasteiger partial charge on any atom is -0.381 e. The van der Waals surface area contributed by atoms with Crippen molar-refractivity contribution in [3.05, 3.63) is 54.9 Å². The number of piperidine rings is 1. The molecule has 6 rings (SSSR count). The second kappa shape index (κ2) is 11.6. The van der Waals surface area contributed by atoms with Gasteiger partial charge in [0.1, 0.15) is 21.5 Å². The van der Waals surface area contributed by atoms with E-state index in [9.17, 15) is 13.2 Å². The lowest BCUT2D eigenvalue weighted by Gasteiger charge is -2.57. The molecule has 3 aromatic rings. The third kappa shape index (κ3) is 5.72. The summed E-state index contributed by atoms with van der Waals surface area (Å²) in [5.41, 5.74) is 1.71. The van der Waals surface area contributed by atoms with Crippen LogP contribution in [-0.4, -0.2) is 91.1 Å². The number of carbonyl (C=O) groups excluding carboxylic acids is 1. The molecule has 0 aliphatic carbocycles. The fourth-order valence-corrected chi connectivity index (χ4v) is 7.99. The van der Waals surface area contributed by atoms with Gasteiger partial charge >= 0.3 is 0 Å². The van der Waals surface area contributed by atoms with Crippen molar-refractivity contribution in [2.24, 2.45) is 5.92 Å². The smallest absolute Gasteiger partial charge is 0.246 e. The number of amides is 1. The van der Waals surface area contributed by atoms with Gasteiger partial charge in [-0.05, 0) is 68.3 Å². The van der Waals surface area contributed by atoms with E-state index in [1.54, 1.807) is 13.3 Å². The Kier molecular flexibility index (Phi) is 8.00. The van der Waals surface area contributed by atoms with Crippen LogP contribution < -0.4 is 15.1 Å². The largest absolute Gasteiger partial charge is 0.381 e. The molecule has 1 N–H and O–H groups in total. The summed E-state index contributed by atoms with van der Waals surface area (Å²) < 4.78 is 29.7. The highest BCUT2D eigenvalue weighted by Gasteiger charge is 2.48. The fraction of sp³-hybridized carbons (Fsp3) is 0.500. The van der Waals surface area contributed by atoms with Gasteiger partial charge in [-0.15, -0.1) is 0 Å². The Morgan fingerprint density at radius 1 is 1.11 bits per heavy atom. The number of benzene rings is 1. The van der Waals surface area contributed by atoms with Crippen LogP contribution in [0.5, 0.6) is 0 Å². The third-order valence-corrected chi connectivity index (χ3v) is 10.6. The van der Waals surface area contributed by atoms with Crippen molar-refractivity contribution in [3.63, 3.8) is 0 Å². The molecule has 1 amide bonds. The number of ether oxygens (including phenoxy) is 1. The maximum absolute atomic E-state index is 12.6. The predicted octanol–water partition coefficient (Wildman–Crippen LogP) is 4.10. The number of nitrogens with one attached hydrogen (secondary N) is 1. The van der Waals surface area contributed by atoms with Crippen molar-refractivity contribution in [1.82, 2.24) is 19.9 Å². The average Bonchev–Trinajstić information content (AvgIpc) is 2.98. The molecular weight excluding hydrogens is 578 g/mol. The number of nitrogens with zero attached hydrogens (tertiary/aromatic N) is 6. The van der Waals surface area contributed by atoms with Crippen molar-refractivity contribution in [2.75, 3.05) is 60.4 Å². The first-order valence-corrected chi connectivity index (χ1v) is 17.2. The molecule has 5 heterocycles. The minimum atomic E-state index is -3.10. The van der Waals surface area contributed by atoms with Crippen LogP contribution in [0.25, 0.3) is 10.8 Å². The van der Waals surface area contributed by atoms with Crippen molar-refractivity contribution in [3.8, 4) is 0 Å². The summed E-state index contributed by atoms with van der Waals surface area (Å²) in [6.45, 7) is 10.9. The highest BCUT2D eigenvalue weighted by atomic mass is 32.2. The van der Waals surface area contributed by atoms with Crippen LogP contribution in [0.3, 0.4) is 0 Å². The van der Waals surface area contributed by atoms with Gasteiger partial charge in [0.15, 0.2) is 0 Å². The van der Waals surface area contributed by atoms with E-state index in [1.165, 1.54) is 12.3 Å². The van der Waals surface area contributed by atoms with Gasteiger partial charge < -0.3 is 24.8 Å². The predicted molar refractivity (Wildman–Crippen MR) is 173 cm³/mol. The number of anilines is 4. The lowest BCUT2D eigenvalue weighted by molar-refractivity contribution is -0.133. The zero-order chi connectivity index (χ0) is 31.2. The molecule has 0 saturated carbocycles. The van der Waals surface area contributed by atoms with E-state index >= 15 is 0 Å². The summed E-state index contributed by atoms with van der Waals surface area (Å²) >= 11 is 0. The number of hydrogen-bond donors (Lipinski definition) is 1. The molecule has 3 fully saturated rings. The van der Waals surface area contributed by atoms with E-state index in [-0.39, 0.29) is 35.3 Å². The van der Waals surface area contributed by atoms with Crippen LogP contribution in [0.15, 0.2) is 49.3 Å². The Balaban J connectivity index is 1.33. The van der Waals surface area contributed by atoms with Crippen LogP contribution in [0.4, 0.5) is 23.3 Å². The second-order valence-electron chi connectivity index (χ2n) is 12.7. The van der Waals surface area contributed by atoms with E-state index in [4.69, 9.17) is 14.7 Å². The molecule has 0 radical (unpaired) electrons. The monoisotopic (exact) mass is 619 g/mol. The third-order valence-electron chi connectivity index (χ3n) is 9.60. The zero-order valence-corrected chi connectivity index (χ0v) is 26.7. The van der Waals surface area contributed by atoms with E-state index in [0.29, 0.717) is 30.7 Å². The van der Waals surface area contributed by atoms with Gasteiger partial charge in [0, 0.05) is 74.5 Å². The van der Waals surface area contributed by atoms with Crippen molar-refractivity contribution in [1.29, 1.82) is 0 Å². The standard InChI is InChI=1S/C32H41N7O4S/c1-6-30(40)38-16-12-26(38)23-7-8-27(39-19-21(32(39,2)3)20-44(5,41)42)25-18-34-29(17-24(23)25)35-28-9-13-33-31(36-28)37-14-10-22(43-4)11-15-37/h6-9,13,17-18,21-22,26H,1,10-12,14-16,19-20H2,2-5H3,(H,33,34,35,36)/t21-,26+/m1/s1. The van der Waals surface area contributed by atoms with Gasteiger partial charge in [-0.1, -0.05) is 12.6 Å². The van der Waals surface area contributed by atoms with Crippen LogP contribution >= 0.6 is 0 Å². The molecule has 0 bridgehead atoms. The summed E-state index contributed by atoms with van der Waals surface area (Å²) in [4.78, 5) is 32.9. The Bertz CT molecular complexity index is 1690. The van der Waals surface area contributed by atoms with E-state index < -0.39 is 9.84 Å². The number of hydrogen-bond acceptors (Lipinski definition) is 10. The number of carbonyl (C=O) groups is 1. The summed E-state index contributed by atoms with van der Waals surface area (Å²) in [6.07, 6.45) is 9.29. The average molecular weight is 620 g/mol. The molecular formula is C32H41N7O4S. The van der Waals surface area contributed by atoms with E-state index in [2.05, 4.69) is 52.7 Å². The molecule has 2 atom stereocenters. The van der Waals surface area contributed by atoms with Crippen molar-refractivity contribution in [2.45, 2.75) is 50.8 Å². The van der Waals surface area contributed by atoms with Gasteiger partial charge in [-0.2, -0.15) is 4.98 Å². The first-order chi connectivity index (χ1) is 21.0. The normalized spacial score (nSPS) is 22.0. The van der Waals surface area contributed by atoms with Crippen LogP contribution in [0.1, 0.15) is 44.7 Å². The highest BCUT2D eigenvalue weighted by Crippen LogP contribution is 2.46. The van der Waals surface area contributed by atoms with Crippen LogP contribution in [0, 0.1) is 5.92 Å². The molecule has 11 nitrogen and oxygen atoms in total. The number of methoxy groups -OCH3 is 1. The lowest BCUT2D eigenvalue weighted by atomic mass is 9.77. The van der Waals surface area contributed by atoms with Crippen molar-refractivity contribution >= 4 is 49.8 Å². The Labute approximate surface area is 259 Å². The van der Waals surface area contributed by atoms with Crippen LogP contribution in [0.2, 0.25) is 0 Å². The molecule has 0 unspecified atom stereocenters. The van der Waals surface area contributed by atoms with Crippen molar-refractivity contribution < 1.29 is 17.9 Å². The molecule has 2 aromatic heterocycles. The summed E-state index contributed by atoms with van der Waals surface area (Å²) in [6, 6.07) is 7.98. The molecule has 1 aromatic carbocycles. The molecule has 44 heavy (non-hydrogen) atoms. The number of aromatic nitrogens is 3. The van der Waals surface area contributed by atoms with Gasteiger partial charge in [0.05, 0.1) is 17.9 Å². The fourth-order valence-electron chi connectivity index (χ4n) is 6.74. The number of rotatable bonds is 9. The summed E-state index contributed by atoms with van der Waals surface area (Å²) in [5, 5.41) is 5.33. The maximum atomic E-state index is 12.6. The molecule has 0 spiro atoms. The number of sulfone groups is 1. The summed E-state index contributed by atoms with van der Waals surface area (Å²) in [7, 11) is -1.34. The minimum absolute atomic E-state index is 0.0284. The summed E-state index contributed by atoms with van der Waals surface area (Å²) in [5.74, 6) is 2.06. The van der Waals surface area contributed by atoms with Gasteiger partial charge in [-0.3, -0.25) is 4.79 Å². The molecule has 3 aliphatic rings. The first kappa shape index (κ1) is 30.3. The lowest BCUT2D eigenvalue weighted by Crippen LogP contribution is -2.66. The first-order valence-electron chi connectivity index (χ1n) is 15.2.